The Morgan fingerprint density at radius 2 is 1.73 bits per heavy atom. The zero-order chi connectivity index (χ0) is 27.1. The number of carbonyl (C=O) groups excluding carboxylic acids is 3. The van der Waals surface area contributed by atoms with Gasteiger partial charge in [0.05, 0.1) is 18.2 Å². The number of likely N-dealkylation sites (N-methyl/N-ethyl adjacent to an activating group) is 1. The second kappa shape index (κ2) is 12.5. The Balaban J connectivity index is 2.05. The molecule has 1 unspecified atom stereocenters. The summed E-state index contributed by atoms with van der Waals surface area (Å²) in [6.07, 6.45) is 0. The Kier molecular flexibility index (Phi) is 9.47. The molecule has 1 aliphatic heterocycles. The highest BCUT2D eigenvalue weighted by molar-refractivity contribution is 6.46. The van der Waals surface area contributed by atoms with Crippen molar-refractivity contribution in [2.24, 2.45) is 5.92 Å². The zero-order valence-electron chi connectivity index (χ0n) is 22.2. The fourth-order valence-corrected chi connectivity index (χ4v) is 4.29. The van der Waals surface area contributed by atoms with Crippen LogP contribution in [-0.2, 0) is 14.4 Å². The first-order valence-corrected chi connectivity index (χ1v) is 12.7. The number of esters is 1. The first kappa shape index (κ1) is 27.9. The lowest BCUT2D eigenvalue weighted by Crippen LogP contribution is -2.38. The molecule has 1 heterocycles. The molecule has 8 heteroatoms. The van der Waals surface area contributed by atoms with Crippen LogP contribution < -0.4 is 9.47 Å². The molecule has 1 N–H and O–H groups in total. The number of benzene rings is 2. The first-order chi connectivity index (χ1) is 17.7. The van der Waals surface area contributed by atoms with E-state index in [0.717, 1.165) is 13.1 Å². The fraction of sp³-hybridized carbons (Fsp3) is 0.414. The molecule has 0 saturated carbocycles. The van der Waals surface area contributed by atoms with E-state index in [0.29, 0.717) is 48.2 Å². The average molecular weight is 509 g/mol. The van der Waals surface area contributed by atoms with Crippen molar-refractivity contribution in [1.29, 1.82) is 0 Å². The molecule has 1 atom stereocenters. The normalized spacial score (nSPS) is 17.1. The van der Waals surface area contributed by atoms with E-state index in [4.69, 9.17) is 9.47 Å². The lowest BCUT2D eigenvalue weighted by Gasteiger charge is -2.28. The molecule has 1 aliphatic rings. The molecule has 1 saturated heterocycles. The summed E-state index contributed by atoms with van der Waals surface area (Å²) in [6, 6.07) is 12.7. The predicted molar refractivity (Wildman–Crippen MR) is 141 cm³/mol. The van der Waals surface area contributed by atoms with Gasteiger partial charge in [-0.05, 0) is 61.0 Å². The van der Waals surface area contributed by atoms with Crippen molar-refractivity contribution in [3.63, 3.8) is 0 Å². The van der Waals surface area contributed by atoms with Gasteiger partial charge in [0.25, 0.3) is 11.7 Å². The number of likely N-dealkylation sites (tertiary alicyclic amines) is 1. The number of amides is 1. The summed E-state index contributed by atoms with van der Waals surface area (Å²) in [6.45, 7) is 12.5. The van der Waals surface area contributed by atoms with Crippen molar-refractivity contribution in [2.75, 3.05) is 32.8 Å². The summed E-state index contributed by atoms with van der Waals surface area (Å²) in [4.78, 5) is 41.6. The van der Waals surface area contributed by atoms with E-state index >= 15 is 0 Å². The van der Waals surface area contributed by atoms with Gasteiger partial charge < -0.3 is 24.4 Å². The maximum atomic E-state index is 13.3. The molecular formula is C29H36N2O6. The van der Waals surface area contributed by atoms with Crippen LogP contribution >= 0.6 is 0 Å². The number of aliphatic hydroxyl groups is 1. The molecule has 0 aliphatic carbocycles. The second-order valence-electron chi connectivity index (χ2n) is 9.41. The first-order valence-electron chi connectivity index (χ1n) is 12.7. The number of hydrogen-bond acceptors (Lipinski definition) is 7. The molecule has 0 aromatic heterocycles. The quantitative estimate of drug-likeness (QED) is 0.158. The predicted octanol–water partition coefficient (Wildman–Crippen LogP) is 4.41. The maximum absolute atomic E-state index is 13.3. The standard InChI is InChI=1S/C29H36N2O6/c1-6-30(7-2)15-16-31-26(22-9-8-10-24(17-22)37-20(5)32)25(28(34)29(31)35)27(33)21-11-13-23(14-12-21)36-18-19(3)4/h8-14,17,19,26,33H,6-7,15-16,18H2,1-5H3/b27-25-. The van der Waals surface area contributed by atoms with Gasteiger partial charge >= 0.3 is 5.97 Å². The smallest absolute Gasteiger partial charge is 0.308 e. The summed E-state index contributed by atoms with van der Waals surface area (Å²) < 4.78 is 11.0. The molecule has 3 rings (SSSR count). The SMILES string of the molecule is CCN(CC)CCN1C(=O)C(=O)/C(=C(\O)c2ccc(OCC(C)C)cc2)C1c1cccc(OC(C)=O)c1. The van der Waals surface area contributed by atoms with Gasteiger partial charge in [-0.1, -0.05) is 39.8 Å². The van der Waals surface area contributed by atoms with Crippen LogP contribution in [0.4, 0.5) is 0 Å². The van der Waals surface area contributed by atoms with Gasteiger partial charge in [0, 0.05) is 25.6 Å². The molecule has 2 aromatic carbocycles. The zero-order valence-corrected chi connectivity index (χ0v) is 22.2. The third-order valence-corrected chi connectivity index (χ3v) is 6.24. The van der Waals surface area contributed by atoms with Crippen molar-refractivity contribution >= 4 is 23.4 Å². The number of carbonyl (C=O) groups is 3. The molecule has 198 valence electrons. The summed E-state index contributed by atoms with van der Waals surface area (Å²) in [7, 11) is 0. The number of Topliss-reactive ketones (excluding diaryl/α,β-unsaturated/α-hetero) is 1. The van der Waals surface area contributed by atoms with E-state index < -0.39 is 23.7 Å². The van der Waals surface area contributed by atoms with E-state index in [2.05, 4.69) is 18.7 Å². The molecule has 1 amide bonds. The molecular weight excluding hydrogens is 472 g/mol. The van der Waals surface area contributed by atoms with E-state index in [-0.39, 0.29) is 11.3 Å². The fourth-order valence-electron chi connectivity index (χ4n) is 4.29. The Morgan fingerprint density at radius 1 is 1.05 bits per heavy atom. The van der Waals surface area contributed by atoms with Gasteiger partial charge in [-0.15, -0.1) is 0 Å². The van der Waals surface area contributed by atoms with Gasteiger partial charge in [-0.25, -0.2) is 0 Å². The van der Waals surface area contributed by atoms with Crippen molar-refractivity contribution < 1.29 is 29.0 Å². The van der Waals surface area contributed by atoms with E-state index in [1.165, 1.54) is 11.8 Å². The summed E-state index contributed by atoms with van der Waals surface area (Å²) in [5.41, 5.74) is 0.969. The summed E-state index contributed by atoms with van der Waals surface area (Å²) in [5.74, 6) is -0.854. The summed E-state index contributed by atoms with van der Waals surface area (Å²) >= 11 is 0. The van der Waals surface area contributed by atoms with Crippen molar-refractivity contribution in [3.05, 3.63) is 65.2 Å². The molecule has 2 aromatic rings. The van der Waals surface area contributed by atoms with Crippen LogP contribution in [0, 0.1) is 5.92 Å². The van der Waals surface area contributed by atoms with Crippen LogP contribution in [0.1, 0.15) is 51.8 Å². The number of ether oxygens (including phenoxy) is 2. The Hall–Kier alpha value is -3.65. The number of rotatable bonds is 11. The van der Waals surface area contributed by atoms with Gasteiger partial charge in [0.15, 0.2) is 0 Å². The van der Waals surface area contributed by atoms with Crippen LogP contribution in [-0.4, -0.2) is 65.4 Å². The molecule has 8 nitrogen and oxygen atoms in total. The van der Waals surface area contributed by atoms with Crippen molar-refractivity contribution in [1.82, 2.24) is 9.80 Å². The minimum Gasteiger partial charge on any atom is -0.507 e. The highest BCUT2D eigenvalue weighted by Crippen LogP contribution is 2.40. The van der Waals surface area contributed by atoms with Crippen LogP contribution in [0.25, 0.3) is 5.76 Å². The second-order valence-corrected chi connectivity index (χ2v) is 9.41. The monoisotopic (exact) mass is 508 g/mol. The lowest BCUT2D eigenvalue weighted by atomic mass is 9.95. The Morgan fingerprint density at radius 3 is 2.32 bits per heavy atom. The minimum atomic E-state index is -0.831. The van der Waals surface area contributed by atoms with Gasteiger partial charge in [-0.2, -0.15) is 0 Å². The largest absolute Gasteiger partial charge is 0.507 e. The van der Waals surface area contributed by atoms with Gasteiger partial charge in [0.1, 0.15) is 17.3 Å². The maximum Gasteiger partial charge on any atom is 0.308 e. The average Bonchev–Trinajstić information content (AvgIpc) is 3.12. The third-order valence-electron chi connectivity index (χ3n) is 6.24. The highest BCUT2D eigenvalue weighted by Gasteiger charge is 2.46. The van der Waals surface area contributed by atoms with Crippen molar-refractivity contribution in [2.45, 2.75) is 40.7 Å². The lowest BCUT2D eigenvalue weighted by molar-refractivity contribution is -0.140. The number of hydrogen-bond donors (Lipinski definition) is 1. The number of ketones is 1. The Bertz CT molecular complexity index is 1150. The summed E-state index contributed by atoms with van der Waals surface area (Å²) in [5, 5.41) is 11.3. The Labute approximate surface area is 218 Å². The molecule has 0 spiro atoms. The topological polar surface area (TPSA) is 96.4 Å². The molecule has 37 heavy (non-hydrogen) atoms. The van der Waals surface area contributed by atoms with E-state index in [1.807, 2.05) is 13.8 Å². The van der Waals surface area contributed by atoms with E-state index in [1.54, 1.807) is 48.5 Å². The highest BCUT2D eigenvalue weighted by atomic mass is 16.5. The number of nitrogens with zero attached hydrogens (tertiary/aromatic N) is 2. The van der Waals surface area contributed by atoms with Crippen LogP contribution in [0.3, 0.4) is 0 Å². The van der Waals surface area contributed by atoms with Crippen LogP contribution in [0.5, 0.6) is 11.5 Å². The van der Waals surface area contributed by atoms with Gasteiger partial charge in [-0.3, -0.25) is 14.4 Å². The van der Waals surface area contributed by atoms with Gasteiger partial charge in [0.2, 0.25) is 0 Å². The molecule has 1 fully saturated rings. The minimum absolute atomic E-state index is 0.000343. The van der Waals surface area contributed by atoms with E-state index in [9.17, 15) is 19.5 Å². The van der Waals surface area contributed by atoms with Crippen LogP contribution in [0.2, 0.25) is 0 Å². The molecule has 0 radical (unpaired) electrons. The van der Waals surface area contributed by atoms with Crippen LogP contribution in [0.15, 0.2) is 54.1 Å². The third kappa shape index (κ3) is 6.77. The molecule has 0 bridgehead atoms. The number of aliphatic hydroxyl groups excluding tert-OH is 1. The van der Waals surface area contributed by atoms with Crippen molar-refractivity contribution in [3.8, 4) is 11.5 Å².